The van der Waals surface area contributed by atoms with Crippen LogP contribution in [0.1, 0.15) is 11.4 Å². The summed E-state index contributed by atoms with van der Waals surface area (Å²) in [6.07, 6.45) is -0.474. The van der Waals surface area contributed by atoms with Crippen molar-refractivity contribution < 1.29 is 14.3 Å². The van der Waals surface area contributed by atoms with Gasteiger partial charge in [-0.3, -0.25) is 9.58 Å². The van der Waals surface area contributed by atoms with Gasteiger partial charge in [-0.1, -0.05) is 0 Å². The lowest BCUT2D eigenvalue weighted by Gasteiger charge is -2.31. The summed E-state index contributed by atoms with van der Waals surface area (Å²) in [7, 11) is 3.32. The van der Waals surface area contributed by atoms with E-state index in [0.29, 0.717) is 13.2 Å². The van der Waals surface area contributed by atoms with Crippen LogP contribution in [0, 0.1) is 6.92 Å². The molecular formula is C12H19N3O3. The van der Waals surface area contributed by atoms with Gasteiger partial charge < -0.3 is 9.47 Å². The molecule has 0 radical (unpaired) electrons. The van der Waals surface area contributed by atoms with Gasteiger partial charge in [-0.25, -0.2) is 4.79 Å². The monoisotopic (exact) mass is 253 g/mol. The van der Waals surface area contributed by atoms with Gasteiger partial charge in [0.15, 0.2) is 6.10 Å². The number of ether oxygens (including phenoxy) is 2. The van der Waals surface area contributed by atoms with Crippen molar-refractivity contribution >= 4 is 5.97 Å². The average Bonchev–Trinajstić information content (AvgIpc) is 2.67. The van der Waals surface area contributed by atoms with Crippen molar-refractivity contribution in [2.45, 2.75) is 19.6 Å². The Balaban J connectivity index is 1.97. The predicted octanol–water partition coefficient (Wildman–Crippen LogP) is 0.102. The van der Waals surface area contributed by atoms with E-state index in [1.807, 2.05) is 18.7 Å². The highest BCUT2D eigenvalue weighted by Gasteiger charge is 2.27. The molecule has 1 aromatic heterocycles. The van der Waals surface area contributed by atoms with Gasteiger partial charge in [-0.15, -0.1) is 0 Å². The maximum atomic E-state index is 11.4. The Bertz CT molecular complexity index is 430. The number of nitrogens with zero attached hydrogens (tertiary/aromatic N) is 3. The highest BCUT2D eigenvalue weighted by atomic mass is 16.6. The molecule has 6 heteroatoms. The van der Waals surface area contributed by atoms with E-state index in [9.17, 15) is 4.79 Å². The zero-order chi connectivity index (χ0) is 13.1. The van der Waals surface area contributed by atoms with Crippen LogP contribution in [0.5, 0.6) is 0 Å². The Morgan fingerprint density at radius 2 is 2.44 bits per heavy atom. The molecule has 1 aliphatic heterocycles. The molecule has 0 amide bonds. The molecule has 18 heavy (non-hydrogen) atoms. The second-order valence-corrected chi connectivity index (χ2v) is 4.52. The van der Waals surface area contributed by atoms with Gasteiger partial charge in [0.25, 0.3) is 0 Å². The molecule has 100 valence electrons. The maximum Gasteiger partial charge on any atom is 0.336 e. The van der Waals surface area contributed by atoms with Crippen molar-refractivity contribution in [2.75, 3.05) is 26.8 Å². The molecule has 1 unspecified atom stereocenters. The predicted molar refractivity (Wildman–Crippen MR) is 65.0 cm³/mol. The number of esters is 1. The smallest absolute Gasteiger partial charge is 0.336 e. The van der Waals surface area contributed by atoms with E-state index in [4.69, 9.17) is 9.47 Å². The van der Waals surface area contributed by atoms with Gasteiger partial charge in [-0.05, 0) is 13.0 Å². The number of morpholine rings is 1. The van der Waals surface area contributed by atoms with Crippen molar-refractivity contribution in [2.24, 2.45) is 7.05 Å². The van der Waals surface area contributed by atoms with Gasteiger partial charge in [0, 0.05) is 26.7 Å². The van der Waals surface area contributed by atoms with Crippen molar-refractivity contribution in [1.82, 2.24) is 14.7 Å². The molecular weight excluding hydrogens is 234 g/mol. The Labute approximate surface area is 106 Å². The SMILES string of the molecule is COC(=O)C1CN(Cc2cc(C)nn2C)CCO1. The number of aromatic nitrogens is 2. The first-order valence-corrected chi connectivity index (χ1v) is 6.01. The molecule has 0 spiro atoms. The summed E-state index contributed by atoms with van der Waals surface area (Å²) in [6.45, 7) is 4.68. The first-order valence-electron chi connectivity index (χ1n) is 6.01. The summed E-state index contributed by atoms with van der Waals surface area (Å²) in [5.41, 5.74) is 2.14. The van der Waals surface area contributed by atoms with Crippen LogP contribution in [0.3, 0.4) is 0 Å². The van der Waals surface area contributed by atoms with Crippen molar-refractivity contribution in [1.29, 1.82) is 0 Å². The van der Waals surface area contributed by atoms with Gasteiger partial charge in [0.1, 0.15) is 0 Å². The lowest BCUT2D eigenvalue weighted by Crippen LogP contribution is -2.46. The van der Waals surface area contributed by atoms with Crippen LogP contribution in [-0.2, 0) is 27.9 Å². The highest BCUT2D eigenvalue weighted by Crippen LogP contribution is 2.11. The molecule has 0 N–H and O–H groups in total. The number of carbonyl (C=O) groups is 1. The molecule has 1 atom stereocenters. The fraction of sp³-hybridized carbons (Fsp3) is 0.667. The van der Waals surface area contributed by atoms with E-state index in [-0.39, 0.29) is 5.97 Å². The molecule has 1 saturated heterocycles. The minimum atomic E-state index is -0.474. The number of rotatable bonds is 3. The topological polar surface area (TPSA) is 56.6 Å². The van der Waals surface area contributed by atoms with Gasteiger partial charge in [0.05, 0.1) is 25.1 Å². The van der Waals surface area contributed by atoms with Crippen LogP contribution in [0.4, 0.5) is 0 Å². The zero-order valence-electron chi connectivity index (χ0n) is 11.0. The third-order valence-electron chi connectivity index (χ3n) is 3.10. The number of aryl methyl sites for hydroxylation is 2. The minimum absolute atomic E-state index is 0.305. The fourth-order valence-electron chi connectivity index (χ4n) is 2.16. The second-order valence-electron chi connectivity index (χ2n) is 4.52. The van der Waals surface area contributed by atoms with E-state index in [2.05, 4.69) is 16.1 Å². The van der Waals surface area contributed by atoms with Crippen LogP contribution in [0.25, 0.3) is 0 Å². The Hall–Kier alpha value is -1.40. The summed E-state index contributed by atoms with van der Waals surface area (Å²) in [4.78, 5) is 13.6. The minimum Gasteiger partial charge on any atom is -0.467 e. The van der Waals surface area contributed by atoms with Crippen molar-refractivity contribution in [3.05, 3.63) is 17.5 Å². The molecule has 6 nitrogen and oxygen atoms in total. The molecule has 1 fully saturated rings. The Morgan fingerprint density at radius 1 is 1.67 bits per heavy atom. The molecule has 0 aromatic carbocycles. The molecule has 2 heterocycles. The third-order valence-corrected chi connectivity index (χ3v) is 3.10. The van der Waals surface area contributed by atoms with Crippen LogP contribution in [0.15, 0.2) is 6.07 Å². The van der Waals surface area contributed by atoms with E-state index in [0.717, 1.165) is 24.5 Å². The quantitative estimate of drug-likeness (QED) is 0.715. The maximum absolute atomic E-state index is 11.4. The standard InChI is InChI=1S/C12H19N3O3/c1-9-6-10(14(2)13-9)7-15-4-5-18-11(8-15)12(16)17-3/h6,11H,4-5,7-8H2,1-3H3. The fourth-order valence-corrected chi connectivity index (χ4v) is 2.16. The molecule has 1 aliphatic rings. The van der Waals surface area contributed by atoms with E-state index >= 15 is 0 Å². The molecule has 2 rings (SSSR count). The van der Waals surface area contributed by atoms with E-state index in [1.165, 1.54) is 7.11 Å². The molecule has 0 bridgehead atoms. The Morgan fingerprint density at radius 3 is 3.06 bits per heavy atom. The molecule has 0 saturated carbocycles. The Kier molecular flexibility index (Phi) is 3.98. The summed E-state index contributed by atoms with van der Waals surface area (Å²) >= 11 is 0. The first-order chi connectivity index (χ1) is 8.60. The lowest BCUT2D eigenvalue weighted by atomic mass is 10.2. The summed E-state index contributed by atoms with van der Waals surface area (Å²) in [5.74, 6) is -0.305. The number of carbonyl (C=O) groups excluding carboxylic acids is 1. The van der Waals surface area contributed by atoms with Gasteiger partial charge in [0.2, 0.25) is 0 Å². The largest absolute Gasteiger partial charge is 0.467 e. The first kappa shape index (κ1) is 13.0. The molecule has 1 aromatic rings. The van der Waals surface area contributed by atoms with Gasteiger partial charge >= 0.3 is 5.97 Å². The van der Waals surface area contributed by atoms with Crippen molar-refractivity contribution in [3.63, 3.8) is 0 Å². The normalized spacial score (nSPS) is 20.9. The average molecular weight is 253 g/mol. The molecule has 0 aliphatic carbocycles. The van der Waals surface area contributed by atoms with E-state index < -0.39 is 6.10 Å². The van der Waals surface area contributed by atoms with Crippen LogP contribution in [0.2, 0.25) is 0 Å². The van der Waals surface area contributed by atoms with Crippen LogP contribution < -0.4 is 0 Å². The van der Waals surface area contributed by atoms with Crippen molar-refractivity contribution in [3.8, 4) is 0 Å². The summed E-state index contributed by atoms with van der Waals surface area (Å²) in [5, 5.41) is 4.31. The lowest BCUT2D eigenvalue weighted by molar-refractivity contribution is -0.160. The van der Waals surface area contributed by atoms with Crippen LogP contribution in [-0.4, -0.2) is 53.6 Å². The summed E-state index contributed by atoms with van der Waals surface area (Å²) in [6, 6.07) is 2.06. The number of methoxy groups -OCH3 is 1. The number of hydrogen-bond donors (Lipinski definition) is 0. The van der Waals surface area contributed by atoms with Gasteiger partial charge in [-0.2, -0.15) is 5.10 Å². The van der Waals surface area contributed by atoms with E-state index in [1.54, 1.807) is 0 Å². The number of hydrogen-bond acceptors (Lipinski definition) is 5. The highest BCUT2D eigenvalue weighted by molar-refractivity contribution is 5.74. The van der Waals surface area contributed by atoms with Crippen LogP contribution >= 0.6 is 0 Å². The third kappa shape index (κ3) is 2.88. The zero-order valence-corrected chi connectivity index (χ0v) is 11.0. The second kappa shape index (κ2) is 5.49. The summed E-state index contributed by atoms with van der Waals surface area (Å²) < 4.78 is 12.0.